The van der Waals surface area contributed by atoms with Crippen molar-refractivity contribution in [3.05, 3.63) is 59.7 Å². The Kier molecular flexibility index (Phi) is 5.06. The van der Waals surface area contributed by atoms with Crippen LogP contribution in [0.1, 0.15) is 16.5 Å². The number of rotatable bonds is 5. The van der Waals surface area contributed by atoms with E-state index in [1.54, 1.807) is 24.3 Å². The molecule has 4 nitrogen and oxygen atoms in total. The highest BCUT2D eigenvalue weighted by atomic mass is 35.5. The molecule has 0 saturated heterocycles. The lowest BCUT2D eigenvalue weighted by Gasteiger charge is -2.12. The van der Waals surface area contributed by atoms with Gasteiger partial charge in [-0.05, 0) is 17.7 Å². The number of benzene rings is 2. The molecule has 2 rings (SSSR count). The molecule has 0 aromatic heterocycles. The molecule has 1 atom stereocenters. The van der Waals surface area contributed by atoms with Crippen molar-refractivity contribution >= 4 is 17.5 Å². The minimum Gasteiger partial charge on any atom is -0.507 e. The lowest BCUT2D eigenvalue weighted by Crippen LogP contribution is -2.26. The molecule has 2 N–H and O–H groups in total. The summed E-state index contributed by atoms with van der Waals surface area (Å²) in [5.41, 5.74) is 1.33. The van der Waals surface area contributed by atoms with Gasteiger partial charge >= 0.3 is 0 Å². The first-order valence-corrected chi connectivity index (χ1v) is 6.88. The van der Waals surface area contributed by atoms with Crippen molar-refractivity contribution < 1.29 is 14.6 Å². The van der Waals surface area contributed by atoms with Crippen molar-refractivity contribution in [2.45, 2.75) is 11.9 Å². The minimum atomic E-state index is -0.758. The Labute approximate surface area is 128 Å². The van der Waals surface area contributed by atoms with Crippen molar-refractivity contribution in [2.24, 2.45) is 0 Å². The van der Waals surface area contributed by atoms with Crippen LogP contribution < -0.4 is 10.1 Å². The number of carbonyl (C=O) groups excluding carboxylic acids is 1. The molecule has 0 aliphatic heterocycles. The predicted octanol–water partition coefficient (Wildman–Crippen LogP) is 3.00. The van der Waals surface area contributed by atoms with Gasteiger partial charge in [-0.1, -0.05) is 30.3 Å². The van der Waals surface area contributed by atoms with Crippen LogP contribution in [0.3, 0.4) is 0 Å². The van der Waals surface area contributed by atoms with Crippen LogP contribution in [0.5, 0.6) is 11.5 Å². The molecule has 1 amide bonds. The molecule has 0 bridgehead atoms. The third kappa shape index (κ3) is 3.89. The maximum Gasteiger partial charge on any atom is 0.242 e. The maximum atomic E-state index is 12.0. The maximum absolute atomic E-state index is 12.0. The molecule has 2 aromatic rings. The number of alkyl halides is 1. The molecule has 1 unspecified atom stereocenters. The molecule has 110 valence electrons. The molecule has 0 fully saturated rings. The zero-order valence-corrected chi connectivity index (χ0v) is 12.3. The highest BCUT2D eigenvalue weighted by Crippen LogP contribution is 2.24. The van der Waals surface area contributed by atoms with E-state index in [9.17, 15) is 9.90 Å². The van der Waals surface area contributed by atoms with Crippen LogP contribution in [0.25, 0.3) is 0 Å². The smallest absolute Gasteiger partial charge is 0.242 e. The number of nitrogens with one attached hydrogen (secondary N) is 1. The van der Waals surface area contributed by atoms with E-state index >= 15 is 0 Å². The summed E-state index contributed by atoms with van der Waals surface area (Å²) in [7, 11) is 1.52. The summed E-state index contributed by atoms with van der Waals surface area (Å²) in [6.07, 6.45) is 0. The number of amides is 1. The van der Waals surface area contributed by atoms with Crippen LogP contribution in [-0.2, 0) is 11.3 Å². The van der Waals surface area contributed by atoms with E-state index in [0.717, 1.165) is 5.56 Å². The summed E-state index contributed by atoms with van der Waals surface area (Å²) in [6.45, 7) is 0.199. The number of hydrogen-bond donors (Lipinski definition) is 2. The predicted molar refractivity (Wildman–Crippen MR) is 81.5 cm³/mol. The molecule has 0 heterocycles. The topological polar surface area (TPSA) is 58.6 Å². The minimum absolute atomic E-state index is 0.0699. The second-order valence-electron chi connectivity index (χ2n) is 4.49. The standard InChI is InChI=1S/C16H16ClNO3/c1-21-13-8-7-12(14(19)9-13)10-18-16(20)15(17)11-5-3-2-4-6-11/h2-9,15,19H,10H2,1H3,(H,18,20). The first-order valence-electron chi connectivity index (χ1n) is 6.44. The summed E-state index contributed by atoms with van der Waals surface area (Å²) < 4.78 is 5.00. The van der Waals surface area contributed by atoms with E-state index in [0.29, 0.717) is 11.3 Å². The summed E-state index contributed by atoms with van der Waals surface area (Å²) in [5, 5.41) is 11.8. The third-order valence-corrected chi connectivity index (χ3v) is 3.52. The number of aromatic hydroxyl groups is 1. The highest BCUT2D eigenvalue weighted by molar-refractivity contribution is 6.30. The van der Waals surface area contributed by atoms with E-state index in [1.807, 2.05) is 18.2 Å². The van der Waals surface area contributed by atoms with Crippen LogP contribution in [0.15, 0.2) is 48.5 Å². The quantitative estimate of drug-likeness (QED) is 0.835. The van der Waals surface area contributed by atoms with Gasteiger partial charge in [0.25, 0.3) is 0 Å². The van der Waals surface area contributed by atoms with Crippen molar-refractivity contribution in [1.29, 1.82) is 0 Å². The average Bonchev–Trinajstić information content (AvgIpc) is 2.53. The van der Waals surface area contributed by atoms with Gasteiger partial charge in [0.15, 0.2) is 0 Å². The van der Waals surface area contributed by atoms with E-state index in [-0.39, 0.29) is 18.2 Å². The highest BCUT2D eigenvalue weighted by Gasteiger charge is 2.17. The fourth-order valence-corrected chi connectivity index (χ4v) is 2.09. The number of phenols is 1. The zero-order chi connectivity index (χ0) is 15.2. The summed E-state index contributed by atoms with van der Waals surface area (Å²) in [4.78, 5) is 12.0. The van der Waals surface area contributed by atoms with Gasteiger partial charge in [-0.3, -0.25) is 4.79 Å². The molecular weight excluding hydrogens is 290 g/mol. The number of methoxy groups -OCH3 is 1. The third-order valence-electron chi connectivity index (χ3n) is 3.07. The molecule has 0 radical (unpaired) electrons. The van der Waals surface area contributed by atoms with Crippen LogP contribution in [0.2, 0.25) is 0 Å². The molecule has 0 spiro atoms. The van der Waals surface area contributed by atoms with Gasteiger partial charge in [-0.25, -0.2) is 0 Å². The van der Waals surface area contributed by atoms with Gasteiger partial charge in [-0.2, -0.15) is 0 Å². The Balaban J connectivity index is 1.98. The zero-order valence-electron chi connectivity index (χ0n) is 11.5. The molecule has 5 heteroatoms. The van der Waals surface area contributed by atoms with Crippen molar-refractivity contribution in [3.63, 3.8) is 0 Å². The molecule has 2 aromatic carbocycles. The van der Waals surface area contributed by atoms with Gasteiger partial charge in [0, 0.05) is 18.2 Å². The van der Waals surface area contributed by atoms with Gasteiger partial charge in [0.1, 0.15) is 16.9 Å². The second-order valence-corrected chi connectivity index (χ2v) is 4.92. The largest absolute Gasteiger partial charge is 0.507 e. The fourth-order valence-electron chi connectivity index (χ4n) is 1.87. The molecule has 21 heavy (non-hydrogen) atoms. The van der Waals surface area contributed by atoms with Crippen molar-refractivity contribution in [3.8, 4) is 11.5 Å². The second kappa shape index (κ2) is 6.99. The molecule has 0 saturated carbocycles. The van der Waals surface area contributed by atoms with Crippen molar-refractivity contribution in [1.82, 2.24) is 5.32 Å². The van der Waals surface area contributed by atoms with Crippen LogP contribution in [0.4, 0.5) is 0 Å². The fraction of sp³-hybridized carbons (Fsp3) is 0.188. The van der Waals surface area contributed by atoms with E-state index in [1.165, 1.54) is 13.2 Å². The normalized spacial score (nSPS) is 11.7. The number of ether oxygens (including phenoxy) is 1. The monoisotopic (exact) mass is 305 g/mol. The molecular formula is C16H16ClNO3. The molecule has 0 aliphatic rings. The Morgan fingerprint density at radius 3 is 2.62 bits per heavy atom. The van der Waals surface area contributed by atoms with Gasteiger partial charge in [0.05, 0.1) is 7.11 Å². The van der Waals surface area contributed by atoms with Crippen LogP contribution >= 0.6 is 11.6 Å². The SMILES string of the molecule is COc1ccc(CNC(=O)C(Cl)c2ccccc2)c(O)c1. The first-order chi connectivity index (χ1) is 10.1. The number of hydrogen-bond acceptors (Lipinski definition) is 3. The van der Waals surface area contributed by atoms with Crippen molar-refractivity contribution in [2.75, 3.05) is 7.11 Å². The molecule has 0 aliphatic carbocycles. The Morgan fingerprint density at radius 2 is 2.00 bits per heavy atom. The average molecular weight is 306 g/mol. The van der Waals surface area contributed by atoms with E-state index < -0.39 is 5.38 Å². The van der Waals surface area contributed by atoms with Gasteiger partial charge in [-0.15, -0.1) is 11.6 Å². The lowest BCUT2D eigenvalue weighted by molar-refractivity contribution is -0.121. The van der Waals surface area contributed by atoms with Gasteiger partial charge < -0.3 is 15.2 Å². The number of phenolic OH excluding ortho intramolecular Hbond substituents is 1. The lowest BCUT2D eigenvalue weighted by atomic mass is 10.1. The van der Waals surface area contributed by atoms with Crippen LogP contribution in [-0.4, -0.2) is 18.1 Å². The summed E-state index contributed by atoms with van der Waals surface area (Å²) >= 11 is 6.12. The Hall–Kier alpha value is -2.20. The Morgan fingerprint density at radius 1 is 1.29 bits per heavy atom. The summed E-state index contributed by atoms with van der Waals surface area (Å²) in [6, 6.07) is 14.0. The van der Waals surface area contributed by atoms with E-state index in [2.05, 4.69) is 5.32 Å². The number of halogens is 1. The van der Waals surface area contributed by atoms with E-state index in [4.69, 9.17) is 16.3 Å². The summed E-state index contributed by atoms with van der Waals surface area (Å²) in [5.74, 6) is 0.320. The number of carbonyl (C=O) groups is 1. The Bertz CT molecular complexity index is 616. The van der Waals surface area contributed by atoms with Gasteiger partial charge in [0.2, 0.25) is 5.91 Å². The first kappa shape index (κ1) is 15.2. The van der Waals surface area contributed by atoms with Crippen LogP contribution in [0, 0.1) is 0 Å².